The van der Waals surface area contributed by atoms with Crippen LogP contribution in [0, 0.1) is 5.82 Å². The summed E-state index contributed by atoms with van der Waals surface area (Å²) in [6.07, 6.45) is 1.84. The molecule has 1 saturated carbocycles. The van der Waals surface area contributed by atoms with Gasteiger partial charge in [0.15, 0.2) is 0 Å². The summed E-state index contributed by atoms with van der Waals surface area (Å²) in [6, 6.07) is 5.14. The van der Waals surface area contributed by atoms with Gasteiger partial charge in [0.05, 0.1) is 10.0 Å². The summed E-state index contributed by atoms with van der Waals surface area (Å²) in [5.74, 6) is -0.243. The minimum absolute atomic E-state index is 0.0716. The van der Waals surface area contributed by atoms with Gasteiger partial charge in [0, 0.05) is 26.2 Å². The molecule has 0 radical (unpaired) electrons. The van der Waals surface area contributed by atoms with Crippen LogP contribution in [0.2, 0.25) is 0 Å². The van der Waals surface area contributed by atoms with Crippen molar-refractivity contribution in [2.75, 3.05) is 19.6 Å². The first-order valence-electron chi connectivity index (χ1n) is 8.35. The minimum Gasteiger partial charge on any atom is -0.444 e. The second-order valence-electron chi connectivity index (χ2n) is 7.82. The van der Waals surface area contributed by atoms with E-state index in [1.807, 2.05) is 37.8 Å². The number of amides is 1. The Balaban J connectivity index is 1.64. The van der Waals surface area contributed by atoms with Gasteiger partial charge in [0.25, 0.3) is 0 Å². The van der Waals surface area contributed by atoms with Gasteiger partial charge in [-0.25, -0.2) is 9.18 Å². The van der Waals surface area contributed by atoms with E-state index >= 15 is 0 Å². The summed E-state index contributed by atoms with van der Waals surface area (Å²) in [5, 5.41) is 0. The van der Waals surface area contributed by atoms with Gasteiger partial charge < -0.3 is 4.74 Å². The number of hydrogen-bond acceptors (Lipinski definition) is 3. The maximum absolute atomic E-state index is 13.4. The van der Waals surface area contributed by atoms with Gasteiger partial charge in [-0.3, -0.25) is 9.80 Å². The van der Waals surface area contributed by atoms with Gasteiger partial charge in [0.1, 0.15) is 11.4 Å². The summed E-state index contributed by atoms with van der Waals surface area (Å²) >= 11 is 3.24. The largest absolute Gasteiger partial charge is 0.444 e. The SMILES string of the molecule is CC(C)(C)OC(=O)N1CCN(Cc2ccc(F)c(Br)c2)CC12CC2. The molecule has 132 valence electrons. The molecule has 0 atom stereocenters. The van der Waals surface area contributed by atoms with Crippen LogP contribution in [0.5, 0.6) is 0 Å². The highest BCUT2D eigenvalue weighted by atomic mass is 79.9. The lowest BCUT2D eigenvalue weighted by atomic mass is 10.1. The molecule has 1 aromatic carbocycles. The monoisotopic (exact) mass is 398 g/mol. The number of piperazine rings is 1. The fraction of sp³-hybridized carbons (Fsp3) is 0.611. The molecule has 24 heavy (non-hydrogen) atoms. The molecule has 2 aliphatic rings. The molecule has 4 nitrogen and oxygen atoms in total. The second kappa shape index (κ2) is 6.30. The molecule has 1 spiro atoms. The van der Waals surface area contributed by atoms with Crippen molar-refractivity contribution in [3.8, 4) is 0 Å². The molecule has 0 bridgehead atoms. The quantitative estimate of drug-likeness (QED) is 0.748. The van der Waals surface area contributed by atoms with Gasteiger partial charge >= 0.3 is 6.09 Å². The topological polar surface area (TPSA) is 32.8 Å². The van der Waals surface area contributed by atoms with E-state index in [9.17, 15) is 9.18 Å². The highest BCUT2D eigenvalue weighted by Gasteiger charge is 2.54. The number of carbonyl (C=O) groups excluding carboxylic acids is 1. The van der Waals surface area contributed by atoms with Crippen LogP contribution in [-0.4, -0.2) is 46.7 Å². The summed E-state index contributed by atoms with van der Waals surface area (Å²) < 4.78 is 19.4. The third-order valence-corrected chi connectivity index (χ3v) is 5.17. The Morgan fingerprint density at radius 1 is 1.33 bits per heavy atom. The van der Waals surface area contributed by atoms with Crippen LogP contribution in [0.4, 0.5) is 9.18 Å². The van der Waals surface area contributed by atoms with E-state index in [0.29, 0.717) is 11.0 Å². The lowest BCUT2D eigenvalue weighted by Gasteiger charge is -2.42. The van der Waals surface area contributed by atoms with Crippen LogP contribution >= 0.6 is 15.9 Å². The molecule has 0 N–H and O–H groups in total. The third-order valence-electron chi connectivity index (χ3n) is 4.56. The van der Waals surface area contributed by atoms with Crippen LogP contribution in [0.25, 0.3) is 0 Å². The zero-order valence-electron chi connectivity index (χ0n) is 14.4. The van der Waals surface area contributed by atoms with Crippen molar-refractivity contribution in [3.05, 3.63) is 34.1 Å². The molecule has 1 aromatic rings. The molecule has 6 heteroatoms. The van der Waals surface area contributed by atoms with Gasteiger partial charge in [0.2, 0.25) is 0 Å². The highest BCUT2D eigenvalue weighted by molar-refractivity contribution is 9.10. The molecule has 1 aliphatic heterocycles. The van der Waals surface area contributed by atoms with Crippen LogP contribution in [0.3, 0.4) is 0 Å². The molecule has 1 amide bonds. The standard InChI is InChI=1S/C18H24BrFN2O2/c1-17(2,3)24-16(23)22-9-8-21(12-18(22)6-7-18)11-13-4-5-15(20)14(19)10-13/h4-5,10H,6-9,11-12H2,1-3H3. The number of nitrogens with zero attached hydrogens (tertiary/aromatic N) is 2. The first kappa shape index (κ1) is 17.7. The average Bonchev–Trinajstić information content (AvgIpc) is 3.21. The molecule has 2 fully saturated rings. The van der Waals surface area contributed by atoms with Gasteiger partial charge in [-0.15, -0.1) is 0 Å². The second-order valence-corrected chi connectivity index (χ2v) is 8.67. The maximum atomic E-state index is 13.4. The van der Waals surface area contributed by atoms with Crippen molar-refractivity contribution in [3.63, 3.8) is 0 Å². The smallest absolute Gasteiger partial charge is 0.410 e. The summed E-state index contributed by atoms with van der Waals surface area (Å²) in [4.78, 5) is 16.7. The van der Waals surface area contributed by atoms with E-state index in [0.717, 1.165) is 38.0 Å². The van der Waals surface area contributed by atoms with Crippen molar-refractivity contribution in [1.29, 1.82) is 0 Å². The summed E-state index contributed by atoms with van der Waals surface area (Å²) in [5.41, 5.74) is 0.535. The number of halogens is 2. The lowest BCUT2D eigenvalue weighted by Crippen LogP contribution is -2.57. The molecular weight excluding hydrogens is 375 g/mol. The van der Waals surface area contributed by atoms with E-state index in [4.69, 9.17) is 4.74 Å². The Kier molecular flexibility index (Phi) is 4.64. The maximum Gasteiger partial charge on any atom is 0.410 e. The Morgan fingerprint density at radius 3 is 2.62 bits per heavy atom. The van der Waals surface area contributed by atoms with Crippen LogP contribution in [0.15, 0.2) is 22.7 Å². The molecular formula is C18H24BrFN2O2. The van der Waals surface area contributed by atoms with Crippen molar-refractivity contribution >= 4 is 22.0 Å². The molecule has 1 heterocycles. The zero-order valence-corrected chi connectivity index (χ0v) is 16.0. The Labute approximate surface area is 151 Å². The van der Waals surface area contributed by atoms with Crippen molar-refractivity contribution in [1.82, 2.24) is 9.80 Å². The van der Waals surface area contributed by atoms with E-state index in [1.54, 1.807) is 0 Å². The fourth-order valence-corrected chi connectivity index (χ4v) is 3.69. The van der Waals surface area contributed by atoms with Crippen molar-refractivity contribution in [2.45, 2.75) is 51.3 Å². The van der Waals surface area contributed by atoms with Gasteiger partial charge in [-0.2, -0.15) is 0 Å². The van der Waals surface area contributed by atoms with E-state index in [1.165, 1.54) is 6.07 Å². The normalized spacial score (nSPS) is 20.3. The Bertz CT molecular complexity index is 640. The van der Waals surface area contributed by atoms with E-state index in [2.05, 4.69) is 20.8 Å². The number of benzene rings is 1. The Hall–Kier alpha value is -1.14. The first-order valence-corrected chi connectivity index (χ1v) is 9.15. The van der Waals surface area contributed by atoms with Crippen LogP contribution in [-0.2, 0) is 11.3 Å². The van der Waals surface area contributed by atoms with E-state index in [-0.39, 0.29) is 17.4 Å². The average molecular weight is 399 g/mol. The number of carbonyl (C=O) groups is 1. The zero-order chi connectivity index (χ0) is 17.5. The predicted molar refractivity (Wildman–Crippen MR) is 94.3 cm³/mol. The number of rotatable bonds is 2. The van der Waals surface area contributed by atoms with Gasteiger partial charge in [-0.05, 0) is 67.2 Å². The van der Waals surface area contributed by atoms with E-state index < -0.39 is 5.60 Å². The number of ether oxygens (including phenoxy) is 1. The lowest BCUT2D eigenvalue weighted by molar-refractivity contribution is -0.00808. The summed E-state index contributed by atoms with van der Waals surface area (Å²) in [7, 11) is 0. The third kappa shape index (κ3) is 3.91. The Morgan fingerprint density at radius 2 is 2.04 bits per heavy atom. The molecule has 3 rings (SSSR count). The van der Waals surface area contributed by atoms with Crippen LogP contribution in [0.1, 0.15) is 39.2 Å². The molecule has 1 saturated heterocycles. The molecule has 0 aromatic heterocycles. The van der Waals surface area contributed by atoms with Crippen molar-refractivity contribution in [2.24, 2.45) is 0 Å². The minimum atomic E-state index is -0.468. The predicted octanol–water partition coefficient (Wildman–Crippen LogP) is 4.17. The molecule has 1 aliphatic carbocycles. The summed E-state index contributed by atoms with van der Waals surface area (Å²) in [6.45, 7) is 8.78. The number of hydrogen-bond donors (Lipinski definition) is 0. The van der Waals surface area contributed by atoms with Crippen molar-refractivity contribution < 1.29 is 13.9 Å². The van der Waals surface area contributed by atoms with Gasteiger partial charge in [-0.1, -0.05) is 6.07 Å². The highest BCUT2D eigenvalue weighted by Crippen LogP contribution is 2.45. The first-order chi connectivity index (χ1) is 11.2. The fourth-order valence-electron chi connectivity index (χ4n) is 3.26. The van der Waals surface area contributed by atoms with Crippen LogP contribution < -0.4 is 0 Å². The molecule has 0 unspecified atom stereocenters.